The molecule has 2 heteroatoms. The summed E-state index contributed by atoms with van der Waals surface area (Å²) < 4.78 is 13.1. The Morgan fingerprint density at radius 3 is 2.83 bits per heavy atom. The zero-order valence-corrected chi connectivity index (χ0v) is 6.97. The number of hydrogen-bond acceptors (Lipinski definition) is 0. The lowest BCUT2D eigenvalue weighted by Crippen LogP contribution is -1.92. The predicted molar refractivity (Wildman–Crippen MR) is 46.3 cm³/mol. The Kier molecular flexibility index (Phi) is 2.82. The fourth-order valence-corrected chi connectivity index (χ4v) is 1.03. The number of aryl methyl sites for hydroxylation is 1. The van der Waals surface area contributed by atoms with Gasteiger partial charge in [0.05, 0.1) is 0 Å². The lowest BCUT2D eigenvalue weighted by molar-refractivity contribution is 0.610. The summed E-state index contributed by atoms with van der Waals surface area (Å²) in [5.74, 6) is -0.196. The fraction of sp³-hybridized carbons (Fsp3) is 0.300. The first-order valence-electron chi connectivity index (χ1n) is 3.82. The van der Waals surface area contributed by atoms with Crippen LogP contribution in [-0.2, 0) is 6.42 Å². The molecule has 0 bridgehead atoms. The van der Waals surface area contributed by atoms with E-state index >= 15 is 0 Å². The summed E-state index contributed by atoms with van der Waals surface area (Å²) in [4.78, 5) is 3.18. The van der Waals surface area contributed by atoms with E-state index in [2.05, 4.69) is 4.85 Å². The quantitative estimate of drug-likeness (QED) is 0.590. The van der Waals surface area contributed by atoms with Gasteiger partial charge in [-0.1, -0.05) is 12.1 Å². The molecule has 0 aliphatic rings. The highest BCUT2D eigenvalue weighted by Gasteiger charge is 2.02. The zero-order chi connectivity index (χ0) is 8.97. The summed E-state index contributed by atoms with van der Waals surface area (Å²) >= 11 is 0. The zero-order valence-electron chi connectivity index (χ0n) is 6.97. The van der Waals surface area contributed by atoms with Crippen LogP contribution < -0.4 is 0 Å². The highest BCUT2D eigenvalue weighted by Crippen LogP contribution is 2.10. The third-order valence-corrected chi connectivity index (χ3v) is 1.70. The van der Waals surface area contributed by atoms with E-state index in [1.54, 1.807) is 6.07 Å². The van der Waals surface area contributed by atoms with Gasteiger partial charge in [-0.25, -0.2) is 11.0 Å². The standard InChI is InChI=1S/C10H10FN/c1-8-3-4-9(5-6-12-2)10(11)7-8/h3-4,7H,5-6H2,1H3. The van der Waals surface area contributed by atoms with Crippen LogP contribution in [0.4, 0.5) is 4.39 Å². The molecule has 0 aliphatic carbocycles. The summed E-state index contributed by atoms with van der Waals surface area (Å²) in [6.07, 6.45) is 0.510. The van der Waals surface area contributed by atoms with E-state index in [1.807, 2.05) is 13.0 Å². The third-order valence-electron chi connectivity index (χ3n) is 1.70. The molecule has 0 aliphatic heterocycles. The Morgan fingerprint density at radius 2 is 2.25 bits per heavy atom. The molecule has 0 atom stereocenters. The van der Waals surface area contributed by atoms with Crippen LogP contribution in [0, 0.1) is 19.3 Å². The summed E-state index contributed by atoms with van der Waals surface area (Å²) in [5.41, 5.74) is 1.55. The molecule has 0 radical (unpaired) electrons. The first-order chi connectivity index (χ1) is 5.74. The Hall–Kier alpha value is -1.36. The minimum absolute atomic E-state index is 0.196. The smallest absolute Gasteiger partial charge is 0.218 e. The second kappa shape index (κ2) is 3.87. The van der Waals surface area contributed by atoms with Crippen molar-refractivity contribution < 1.29 is 4.39 Å². The van der Waals surface area contributed by atoms with Gasteiger partial charge in [0.25, 0.3) is 0 Å². The molecule has 1 aromatic carbocycles. The molecular weight excluding hydrogens is 153 g/mol. The van der Waals surface area contributed by atoms with E-state index in [1.165, 1.54) is 6.07 Å². The van der Waals surface area contributed by atoms with Gasteiger partial charge >= 0.3 is 0 Å². The van der Waals surface area contributed by atoms with Gasteiger partial charge in [-0.15, -0.1) is 0 Å². The van der Waals surface area contributed by atoms with Gasteiger partial charge in [0, 0.05) is 6.42 Å². The average molecular weight is 163 g/mol. The van der Waals surface area contributed by atoms with E-state index in [9.17, 15) is 4.39 Å². The minimum atomic E-state index is -0.196. The van der Waals surface area contributed by atoms with E-state index in [-0.39, 0.29) is 5.82 Å². The molecule has 1 aromatic rings. The van der Waals surface area contributed by atoms with Gasteiger partial charge in [-0.2, -0.15) is 0 Å². The monoisotopic (exact) mass is 163 g/mol. The second-order valence-corrected chi connectivity index (χ2v) is 2.73. The maximum Gasteiger partial charge on any atom is 0.218 e. The van der Waals surface area contributed by atoms with Gasteiger partial charge in [-0.05, 0) is 24.1 Å². The van der Waals surface area contributed by atoms with Crippen molar-refractivity contribution in [1.82, 2.24) is 0 Å². The van der Waals surface area contributed by atoms with Crippen LogP contribution in [0.2, 0.25) is 0 Å². The van der Waals surface area contributed by atoms with Crippen LogP contribution in [0.5, 0.6) is 0 Å². The third kappa shape index (κ3) is 2.06. The first kappa shape index (κ1) is 8.73. The Bertz CT molecular complexity index is 312. The molecule has 0 fully saturated rings. The highest BCUT2D eigenvalue weighted by molar-refractivity contribution is 5.23. The summed E-state index contributed by atoms with van der Waals surface area (Å²) in [5, 5.41) is 0. The van der Waals surface area contributed by atoms with Crippen molar-refractivity contribution >= 4 is 0 Å². The van der Waals surface area contributed by atoms with Crippen molar-refractivity contribution in [3.05, 3.63) is 46.6 Å². The largest absolute Gasteiger partial charge is 0.317 e. The van der Waals surface area contributed by atoms with Crippen LogP contribution >= 0.6 is 0 Å². The number of rotatable bonds is 2. The lowest BCUT2D eigenvalue weighted by Gasteiger charge is -1.99. The Morgan fingerprint density at radius 1 is 1.50 bits per heavy atom. The second-order valence-electron chi connectivity index (χ2n) is 2.73. The van der Waals surface area contributed by atoms with E-state index < -0.39 is 0 Å². The highest BCUT2D eigenvalue weighted by atomic mass is 19.1. The number of nitrogens with zero attached hydrogens (tertiary/aromatic N) is 1. The van der Waals surface area contributed by atoms with Crippen LogP contribution in [-0.4, -0.2) is 6.54 Å². The van der Waals surface area contributed by atoms with Crippen LogP contribution in [0.15, 0.2) is 18.2 Å². The summed E-state index contributed by atoms with van der Waals surface area (Å²) in [6, 6.07) is 5.11. The normalized spacial score (nSPS) is 9.42. The van der Waals surface area contributed by atoms with Crippen molar-refractivity contribution in [1.29, 1.82) is 0 Å². The van der Waals surface area contributed by atoms with Crippen LogP contribution in [0.1, 0.15) is 11.1 Å². The van der Waals surface area contributed by atoms with Crippen molar-refractivity contribution in [3.8, 4) is 0 Å². The van der Waals surface area contributed by atoms with Gasteiger partial charge in [0.1, 0.15) is 5.82 Å². The molecule has 1 nitrogen and oxygen atoms in total. The number of hydrogen-bond donors (Lipinski definition) is 0. The molecule has 0 unspecified atom stereocenters. The van der Waals surface area contributed by atoms with Crippen molar-refractivity contribution in [2.45, 2.75) is 13.3 Å². The van der Waals surface area contributed by atoms with Crippen LogP contribution in [0.3, 0.4) is 0 Å². The van der Waals surface area contributed by atoms with Crippen LogP contribution in [0.25, 0.3) is 4.85 Å². The maximum atomic E-state index is 13.1. The summed E-state index contributed by atoms with van der Waals surface area (Å²) in [6.45, 7) is 8.78. The molecule has 0 heterocycles. The molecule has 0 aromatic heterocycles. The molecule has 62 valence electrons. The lowest BCUT2D eigenvalue weighted by atomic mass is 10.1. The molecule has 0 N–H and O–H groups in total. The van der Waals surface area contributed by atoms with E-state index in [4.69, 9.17) is 6.57 Å². The average Bonchev–Trinajstić information content (AvgIpc) is 2.03. The molecule has 12 heavy (non-hydrogen) atoms. The van der Waals surface area contributed by atoms with Gasteiger partial charge < -0.3 is 4.85 Å². The predicted octanol–water partition coefficient (Wildman–Crippen LogP) is 2.60. The summed E-state index contributed by atoms with van der Waals surface area (Å²) in [7, 11) is 0. The fourth-order valence-electron chi connectivity index (χ4n) is 1.03. The minimum Gasteiger partial charge on any atom is -0.317 e. The molecule has 0 amide bonds. The SMILES string of the molecule is [C-]#[N+]CCc1ccc(C)cc1F. The Labute approximate surface area is 71.7 Å². The van der Waals surface area contributed by atoms with Gasteiger partial charge in [-0.3, -0.25) is 0 Å². The molecule has 0 saturated carbocycles. The Balaban J connectivity index is 2.81. The van der Waals surface area contributed by atoms with Gasteiger partial charge in [0.2, 0.25) is 6.54 Å². The molecule has 1 rings (SSSR count). The van der Waals surface area contributed by atoms with Crippen molar-refractivity contribution in [3.63, 3.8) is 0 Å². The number of halogens is 1. The van der Waals surface area contributed by atoms with Crippen molar-refractivity contribution in [2.24, 2.45) is 0 Å². The van der Waals surface area contributed by atoms with Crippen molar-refractivity contribution in [2.75, 3.05) is 6.54 Å². The molecule has 0 saturated heterocycles. The molecule has 0 spiro atoms. The van der Waals surface area contributed by atoms with E-state index in [0.717, 1.165) is 5.56 Å². The first-order valence-corrected chi connectivity index (χ1v) is 3.82. The number of benzene rings is 1. The topological polar surface area (TPSA) is 4.36 Å². The van der Waals surface area contributed by atoms with E-state index in [0.29, 0.717) is 18.5 Å². The molecular formula is C10H10FN. The van der Waals surface area contributed by atoms with Gasteiger partial charge in [0.15, 0.2) is 0 Å². The maximum absolute atomic E-state index is 13.1.